The first-order valence-electron chi connectivity index (χ1n) is 5.39. The van der Waals surface area contributed by atoms with Crippen LogP contribution in [0.25, 0.3) is 0 Å². The number of aliphatic carboxylic acids is 1. The van der Waals surface area contributed by atoms with Crippen molar-refractivity contribution in [1.29, 1.82) is 0 Å². The Morgan fingerprint density at radius 1 is 1.47 bits per heavy atom. The molecule has 90 valence electrons. The topological polar surface area (TPSA) is 57.6 Å². The number of hydrogen-bond donors (Lipinski definition) is 1. The summed E-state index contributed by atoms with van der Waals surface area (Å²) in [6, 6.07) is 2.26. The van der Waals surface area contributed by atoms with Gasteiger partial charge in [0.15, 0.2) is 0 Å². The second-order valence-corrected chi connectivity index (χ2v) is 4.78. The fourth-order valence-electron chi connectivity index (χ4n) is 1.59. The number of carboxylic acids is 1. The quantitative estimate of drug-likeness (QED) is 0.813. The number of nitrogens with zero attached hydrogens (tertiary/aromatic N) is 1. The molecular weight excluding hydrogens is 238 g/mol. The minimum absolute atomic E-state index is 0.221. The van der Waals surface area contributed by atoms with Gasteiger partial charge in [0.05, 0.1) is 0 Å². The van der Waals surface area contributed by atoms with Crippen LogP contribution in [-0.2, 0) is 16.1 Å². The van der Waals surface area contributed by atoms with Crippen LogP contribution in [0.15, 0.2) is 29.0 Å². The van der Waals surface area contributed by atoms with Crippen LogP contribution in [0.4, 0.5) is 0 Å². The van der Waals surface area contributed by atoms with E-state index in [1.54, 1.807) is 16.2 Å². The van der Waals surface area contributed by atoms with Gasteiger partial charge in [0.2, 0.25) is 5.91 Å². The normalized spacial score (nSPS) is 15.1. The predicted octanol–water partition coefficient (Wildman–Crippen LogP) is 1.88. The Kier molecular flexibility index (Phi) is 3.58. The summed E-state index contributed by atoms with van der Waals surface area (Å²) in [6.45, 7) is 0.566. The van der Waals surface area contributed by atoms with Gasteiger partial charge in [-0.15, -0.1) is 0 Å². The number of rotatable bonds is 5. The number of amides is 1. The minimum Gasteiger partial charge on any atom is -0.478 e. The summed E-state index contributed by atoms with van der Waals surface area (Å²) in [6.07, 6.45) is 4.05. The summed E-state index contributed by atoms with van der Waals surface area (Å²) in [5.41, 5.74) is 1.10. The SMILES string of the molecule is O=C(O)/C=C/C(=O)N(Cc1ccsc1)C1CC1. The maximum absolute atomic E-state index is 11.8. The highest BCUT2D eigenvalue weighted by atomic mass is 32.1. The van der Waals surface area contributed by atoms with Crippen molar-refractivity contribution >= 4 is 23.2 Å². The molecule has 0 bridgehead atoms. The van der Waals surface area contributed by atoms with Crippen LogP contribution in [0, 0.1) is 0 Å². The van der Waals surface area contributed by atoms with Crippen molar-refractivity contribution in [2.75, 3.05) is 0 Å². The molecule has 1 aromatic heterocycles. The van der Waals surface area contributed by atoms with E-state index in [-0.39, 0.29) is 11.9 Å². The van der Waals surface area contributed by atoms with Gasteiger partial charge in [0.25, 0.3) is 0 Å². The van der Waals surface area contributed by atoms with Gasteiger partial charge < -0.3 is 10.0 Å². The van der Waals surface area contributed by atoms with Crippen molar-refractivity contribution in [2.24, 2.45) is 0 Å². The standard InChI is InChI=1S/C12H13NO3S/c14-11(3-4-12(15)16)13(10-1-2-10)7-9-5-6-17-8-9/h3-6,8,10H,1-2,7H2,(H,15,16)/b4-3+. The van der Waals surface area contributed by atoms with Gasteiger partial charge in [-0.1, -0.05) is 0 Å². The molecule has 1 heterocycles. The monoisotopic (exact) mass is 251 g/mol. The zero-order valence-electron chi connectivity index (χ0n) is 9.20. The molecule has 17 heavy (non-hydrogen) atoms. The molecule has 1 aliphatic rings. The molecule has 1 saturated carbocycles. The first kappa shape index (κ1) is 11.9. The van der Waals surface area contributed by atoms with Crippen LogP contribution in [0.2, 0.25) is 0 Å². The van der Waals surface area contributed by atoms with Crippen LogP contribution >= 0.6 is 11.3 Å². The summed E-state index contributed by atoms with van der Waals surface area (Å²) in [5.74, 6) is -1.31. The Labute approximate surface area is 103 Å². The van der Waals surface area contributed by atoms with E-state index in [9.17, 15) is 9.59 Å². The van der Waals surface area contributed by atoms with E-state index in [0.717, 1.165) is 30.6 Å². The number of thiophene rings is 1. The number of carbonyl (C=O) groups excluding carboxylic acids is 1. The van der Waals surface area contributed by atoms with Crippen molar-refractivity contribution in [3.8, 4) is 0 Å². The fraction of sp³-hybridized carbons (Fsp3) is 0.333. The lowest BCUT2D eigenvalue weighted by Crippen LogP contribution is -2.31. The first-order chi connectivity index (χ1) is 8.16. The van der Waals surface area contributed by atoms with Crippen molar-refractivity contribution in [3.63, 3.8) is 0 Å². The van der Waals surface area contributed by atoms with Crippen molar-refractivity contribution in [3.05, 3.63) is 34.5 Å². The van der Waals surface area contributed by atoms with Gasteiger partial charge in [0.1, 0.15) is 0 Å². The average Bonchev–Trinajstić information content (AvgIpc) is 3.00. The molecule has 0 spiro atoms. The third kappa shape index (κ3) is 3.42. The molecule has 0 aromatic carbocycles. The van der Waals surface area contributed by atoms with Gasteiger partial charge >= 0.3 is 5.97 Å². The number of carbonyl (C=O) groups is 2. The molecule has 1 aromatic rings. The van der Waals surface area contributed by atoms with E-state index in [1.807, 2.05) is 16.8 Å². The molecule has 0 saturated heterocycles. The van der Waals surface area contributed by atoms with Crippen molar-refractivity contribution in [2.45, 2.75) is 25.4 Å². The zero-order valence-corrected chi connectivity index (χ0v) is 10.0. The van der Waals surface area contributed by atoms with E-state index < -0.39 is 5.97 Å². The second kappa shape index (κ2) is 5.14. The lowest BCUT2D eigenvalue weighted by Gasteiger charge is -2.20. The Balaban J connectivity index is 2.02. The third-order valence-electron chi connectivity index (χ3n) is 2.57. The minimum atomic E-state index is -1.09. The van der Waals surface area contributed by atoms with Gasteiger partial charge in [-0.3, -0.25) is 4.79 Å². The Morgan fingerprint density at radius 3 is 2.76 bits per heavy atom. The summed E-state index contributed by atoms with van der Waals surface area (Å²) >= 11 is 1.59. The average molecular weight is 251 g/mol. The Morgan fingerprint density at radius 2 is 2.24 bits per heavy atom. The Hall–Kier alpha value is -1.62. The molecule has 1 aliphatic carbocycles. The highest BCUT2D eigenvalue weighted by Crippen LogP contribution is 2.28. The van der Waals surface area contributed by atoms with Gasteiger partial charge in [-0.25, -0.2) is 4.79 Å². The predicted molar refractivity (Wildman–Crippen MR) is 64.7 cm³/mol. The summed E-state index contributed by atoms with van der Waals surface area (Å²) in [4.78, 5) is 23.9. The molecule has 0 unspecified atom stereocenters. The summed E-state index contributed by atoms with van der Waals surface area (Å²) < 4.78 is 0. The van der Waals surface area contributed by atoms with Crippen LogP contribution in [-0.4, -0.2) is 27.9 Å². The van der Waals surface area contributed by atoms with Crippen LogP contribution in [0.3, 0.4) is 0 Å². The molecule has 1 N–H and O–H groups in total. The van der Waals surface area contributed by atoms with Crippen LogP contribution < -0.4 is 0 Å². The number of carboxylic acid groups (broad SMARTS) is 1. The fourth-order valence-corrected chi connectivity index (χ4v) is 2.25. The van der Waals surface area contributed by atoms with E-state index in [1.165, 1.54) is 0 Å². The van der Waals surface area contributed by atoms with Crippen LogP contribution in [0.1, 0.15) is 18.4 Å². The largest absolute Gasteiger partial charge is 0.478 e. The van der Waals surface area contributed by atoms with Crippen molar-refractivity contribution < 1.29 is 14.7 Å². The molecule has 5 heteroatoms. The molecular formula is C12H13NO3S. The molecule has 0 aliphatic heterocycles. The maximum Gasteiger partial charge on any atom is 0.328 e. The van der Waals surface area contributed by atoms with Gasteiger partial charge in [0, 0.05) is 24.7 Å². The number of hydrogen-bond acceptors (Lipinski definition) is 3. The highest BCUT2D eigenvalue weighted by molar-refractivity contribution is 7.07. The molecule has 1 fully saturated rings. The first-order valence-corrected chi connectivity index (χ1v) is 6.34. The maximum atomic E-state index is 11.8. The lowest BCUT2D eigenvalue weighted by molar-refractivity contribution is -0.132. The van der Waals surface area contributed by atoms with Crippen molar-refractivity contribution in [1.82, 2.24) is 4.90 Å². The zero-order chi connectivity index (χ0) is 12.3. The second-order valence-electron chi connectivity index (χ2n) is 4.00. The highest BCUT2D eigenvalue weighted by Gasteiger charge is 2.31. The van der Waals surface area contributed by atoms with Crippen LogP contribution in [0.5, 0.6) is 0 Å². The van der Waals surface area contributed by atoms with E-state index in [2.05, 4.69) is 0 Å². The molecule has 1 amide bonds. The summed E-state index contributed by atoms with van der Waals surface area (Å²) in [7, 11) is 0. The lowest BCUT2D eigenvalue weighted by atomic mass is 10.3. The molecule has 2 rings (SSSR count). The Bertz CT molecular complexity index is 435. The smallest absolute Gasteiger partial charge is 0.328 e. The van der Waals surface area contributed by atoms with E-state index in [4.69, 9.17) is 5.11 Å². The molecule has 0 radical (unpaired) electrons. The molecule has 0 atom stereocenters. The van der Waals surface area contributed by atoms with Gasteiger partial charge in [-0.05, 0) is 35.2 Å². The summed E-state index contributed by atoms with van der Waals surface area (Å²) in [5, 5.41) is 12.5. The van der Waals surface area contributed by atoms with E-state index >= 15 is 0 Å². The van der Waals surface area contributed by atoms with Gasteiger partial charge in [-0.2, -0.15) is 11.3 Å². The van der Waals surface area contributed by atoms with E-state index in [0.29, 0.717) is 6.54 Å². The third-order valence-corrected chi connectivity index (χ3v) is 3.30. The molecule has 4 nitrogen and oxygen atoms in total.